The van der Waals surface area contributed by atoms with Crippen LogP contribution in [0.15, 0.2) is 157 Å². The summed E-state index contributed by atoms with van der Waals surface area (Å²) in [6.45, 7) is 5.20. The van der Waals surface area contributed by atoms with Crippen LogP contribution < -0.4 is 9.47 Å². The van der Waals surface area contributed by atoms with Crippen LogP contribution in [0.4, 0.5) is 0 Å². The first kappa shape index (κ1) is 48.8. The van der Waals surface area contributed by atoms with E-state index < -0.39 is 24.0 Å². The number of benzene rings is 6. The van der Waals surface area contributed by atoms with Crippen molar-refractivity contribution in [3.8, 4) is 23.3 Å². The molecule has 2 fully saturated rings. The van der Waals surface area contributed by atoms with Crippen LogP contribution in [0.5, 0.6) is 17.2 Å². The molecule has 1 unspecified atom stereocenters. The predicted molar refractivity (Wildman–Crippen MR) is 279 cm³/mol. The van der Waals surface area contributed by atoms with Crippen LogP contribution in [0.2, 0.25) is 0 Å². The van der Waals surface area contributed by atoms with Crippen LogP contribution in [0.25, 0.3) is 21.5 Å². The van der Waals surface area contributed by atoms with E-state index in [-0.39, 0.29) is 56.4 Å². The maximum absolute atomic E-state index is 15.8. The third kappa shape index (κ3) is 10.0. The average Bonchev–Trinajstić information content (AvgIpc) is 3.42. The highest BCUT2D eigenvalue weighted by molar-refractivity contribution is 6.03. The van der Waals surface area contributed by atoms with Crippen LogP contribution in [-0.2, 0) is 20.9 Å². The molecule has 7 atom stereocenters. The van der Waals surface area contributed by atoms with Crippen molar-refractivity contribution in [3.05, 3.63) is 174 Å². The summed E-state index contributed by atoms with van der Waals surface area (Å²) in [6.07, 6.45) is 10.9. The van der Waals surface area contributed by atoms with Gasteiger partial charge in [0.25, 0.3) is 5.91 Å². The Kier molecular flexibility index (Phi) is 15.1. The van der Waals surface area contributed by atoms with Crippen LogP contribution in [0.3, 0.4) is 0 Å². The largest absolute Gasteiger partial charge is 0.459 e. The predicted octanol–water partition coefficient (Wildman–Crippen LogP) is 12.2. The smallest absolute Gasteiger partial charge is 0.254 e. The van der Waals surface area contributed by atoms with Gasteiger partial charge in [0.1, 0.15) is 23.3 Å². The van der Waals surface area contributed by atoms with E-state index >= 15 is 4.79 Å². The Hall–Kier alpha value is -6.81. The molecule has 0 aromatic heterocycles. The molecule has 11 heteroatoms. The molecule has 1 saturated heterocycles. The van der Waals surface area contributed by atoms with Crippen molar-refractivity contribution in [1.29, 1.82) is 5.26 Å². The molecule has 1 amide bonds. The summed E-state index contributed by atoms with van der Waals surface area (Å²) in [5.41, 5.74) is 4.39. The molecule has 1 saturated carbocycles. The molecule has 2 N–H and O–H groups in total. The van der Waals surface area contributed by atoms with Crippen molar-refractivity contribution < 1.29 is 38.8 Å². The van der Waals surface area contributed by atoms with E-state index in [4.69, 9.17) is 28.9 Å². The Morgan fingerprint density at radius 1 is 0.847 bits per heavy atom. The number of amides is 1. The molecule has 0 bridgehead atoms. The van der Waals surface area contributed by atoms with Crippen LogP contribution >= 0.6 is 0 Å². The van der Waals surface area contributed by atoms with Crippen molar-refractivity contribution in [2.24, 2.45) is 22.9 Å². The number of aliphatic hydroxyl groups excluding tert-OH is 2. The number of nitriles is 1. The minimum Gasteiger partial charge on any atom is -0.459 e. The van der Waals surface area contributed by atoms with Gasteiger partial charge in [-0.1, -0.05) is 103 Å². The zero-order valence-corrected chi connectivity index (χ0v) is 40.7. The Morgan fingerprint density at radius 2 is 1.60 bits per heavy atom. The van der Waals surface area contributed by atoms with Crippen molar-refractivity contribution in [1.82, 2.24) is 4.90 Å². The third-order valence-electron chi connectivity index (χ3n) is 15.1. The Labute approximate surface area is 421 Å². The molecule has 11 nitrogen and oxygen atoms in total. The van der Waals surface area contributed by atoms with E-state index in [1.54, 1.807) is 30.3 Å². The van der Waals surface area contributed by atoms with Gasteiger partial charge in [-0.05, 0) is 138 Å². The molecular weight excluding hydrogens is 903 g/mol. The Morgan fingerprint density at radius 3 is 2.38 bits per heavy atom. The molecule has 10 rings (SSSR count). The van der Waals surface area contributed by atoms with E-state index in [2.05, 4.69) is 73.3 Å². The van der Waals surface area contributed by atoms with Gasteiger partial charge in [0.05, 0.1) is 36.5 Å². The molecular formula is C61H63N3O8. The topological polar surface area (TPSA) is 143 Å². The fourth-order valence-electron chi connectivity index (χ4n) is 11.8. The van der Waals surface area contributed by atoms with Crippen molar-refractivity contribution in [3.63, 3.8) is 0 Å². The number of hydrogen-bond donors (Lipinski definition) is 2. The highest BCUT2D eigenvalue weighted by atomic mass is 16.8. The van der Waals surface area contributed by atoms with E-state index in [0.29, 0.717) is 60.0 Å². The molecule has 72 heavy (non-hydrogen) atoms. The molecule has 2 heterocycles. The van der Waals surface area contributed by atoms with E-state index in [9.17, 15) is 15.5 Å². The Balaban J connectivity index is 1.19. The summed E-state index contributed by atoms with van der Waals surface area (Å²) in [5, 5.41) is 39.4. The van der Waals surface area contributed by atoms with Gasteiger partial charge in [0.15, 0.2) is 0 Å². The fraction of sp³-hybridized carbons (Fsp3) is 0.361. The van der Waals surface area contributed by atoms with Gasteiger partial charge in [0.2, 0.25) is 12.1 Å². The summed E-state index contributed by atoms with van der Waals surface area (Å²) in [5.74, 6) is -0.521. The van der Waals surface area contributed by atoms with Crippen molar-refractivity contribution in [2.75, 3.05) is 26.4 Å². The maximum atomic E-state index is 15.8. The van der Waals surface area contributed by atoms with Gasteiger partial charge >= 0.3 is 0 Å². The molecule has 4 aliphatic rings. The molecule has 2 aliphatic heterocycles. The number of ether oxygens (including phenoxy) is 4. The maximum Gasteiger partial charge on any atom is 0.254 e. The minimum atomic E-state index is -1.50. The van der Waals surface area contributed by atoms with E-state index in [0.717, 1.165) is 76.8 Å². The first-order chi connectivity index (χ1) is 35.4. The Bertz CT molecular complexity index is 2990. The lowest BCUT2D eigenvalue weighted by Crippen LogP contribution is -2.70. The second kappa shape index (κ2) is 22.3. The van der Waals surface area contributed by atoms with Gasteiger partial charge in [0, 0.05) is 49.6 Å². The summed E-state index contributed by atoms with van der Waals surface area (Å²) < 4.78 is 27.8. The summed E-state index contributed by atoms with van der Waals surface area (Å²) >= 11 is 0. The van der Waals surface area contributed by atoms with Gasteiger partial charge < -0.3 is 38.9 Å². The van der Waals surface area contributed by atoms with Gasteiger partial charge in [-0.25, -0.2) is 0 Å². The van der Waals surface area contributed by atoms with E-state index in [1.807, 2.05) is 53.4 Å². The van der Waals surface area contributed by atoms with Crippen LogP contribution in [0.1, 0.15) is 97.2 Å². The highest BCUT2D eigenvalue weighted by Crippen LogP contribution is 2.62. The lowest BCUT2D eigenvalue weighted by molar-refractivity contribution is -0.255. The number of hydrogen-bond acceptors (Lipinski definition) is 10. The molecule has 0 spiro atoms. The van der Waals surface area contributed by atoms with Gasteiger partial charge in [-0.3, -0.25) is 4.79 Å². The number of allylic oxidation sites excluding steroid dienone is 1. The first-order valence-electron chi connectivity index (χ1n) is 25.7. The molecule has 0 radical (unpaired) electrons. The average molecular weight is 966 g/mol. The normalized spacial score (nSPS) is 23.8. The van der Waals surface area contributed by atoms with Crippen LogP contribution in [0, 0.1) is 29.1 Å². The second-order valence-electron chi connectivity index (χ2n) is 19.5. The fourth-order valence-corrected chi connectivity index (χ4v) is 11.8. The number of oxime groups is 1. The monoisotopic (exact) mass is 965 g/mol. The van der Waals surface area contributed by atoms with Crippen molar-refractivity contribution >= 4 is 33.2 Å². The number of unbranched alkanes of at least 4 members (excludes halogenated alkanes) is 2. The zero-order chi connectivity index (χ0) is 49.4. The molecule has 6 aromatic rings. The SMILES string of the molecule is C=CCO[C@@]12Oc3ccc(Oc4ccc5ccccc5c4)cc3[C@H]3[C@H](CCCCO)[C@@H](CCCCO)C=C(C(=NOC4CCCCO4)C[C@@H]1N(Cc1cccc4ccccc14)C(=O)c1ccc(C#N)cc1)[C@H]32. The quantitative estimate of drug-likeness (QED) is 0.0461. The lowest BCUT2D eigenvalue weighted by Gasteiger charge is -2.60. The molecule has 370 valence electrons. The number of rotatable bonds is 19. The van der Waals surface area contributed by atoms with Crippen LogP contribution in [-0.4, -0.2) is 71.3 Å². The third-order valence-corrected chi connectivity index (χ3v) is 15.1. The minimum absolute atomic E-state index is 0.0117. The molecule has 2 aliphatic carbocycles. The lowest BCUT2D eigenvalue weighted by atomic mass is 9.55. The highest BCUT2D eigenvalue weighted by Gasteiger charge is 2.65. The number of aliphatic hydroxyl groups is 2. The van der Waals surface area contributed by atoms with E-state index in [1.165, 1.54) is 0 Å². The van der Waals surface area contributed by atoms with Gasteiger partial charge in [-0.2, -0.15) is 5.26 Å². The van der Waals surface area contributed by atoms with Crippen molar-refractivity contribution in [2.45, 2.75) is 94.8 Å². The number of carbonyl (C=O) groups is 1. The number of carbonyl (C=O) groups excluding carboxylic acids is 1. The zero-order valence-electron chi connectivity index (χ0n) is 40.7. The number of nitrogens with zero attached hydrogens (tertiary/aromatic N) is 3. The molecule has 6 aromatic carbocycles. The standard InChI is InChI=1S/C61H63N3O8/c1-2-33-69-61-56(64(60(67)44-25-23-41(39-62)24-26-44)40-47-19-13-18-43-15-5-6-20-50(43)47)38-54(63-72-57-22-9-12-34-68-57)52-36-46(17-7-10-31-65)51(21-8-11-32-66)58(59(52)61)53-37-49(29-30-55(53)71-61)70-48-28-27-42-14-3-4-16-45(42)35-48/h2-6,13-16,18-20,23-30,35-37,46,51,56-59,65-66H,1,7-12,17,21-22,31-34,38,40H2/t46-,51+,56-,57?,58+,59+,61+/m0/s1. The number of fused-ring (bicyclic) bond motifs is 4. The second-order valence-corrected chi connectivity index (χ2v) is 19.5. The summed E-state index contributed by atoms with van der Waals surface area (Å²) in [7, 11) is 0. The summed E-state index contributed by atoms with van der Waals surface area (Å²) in [4.78, 5) is 24.1. The summed E-state index contributed by atoms with van der Waals surface area (Å²) in [6, 6.07) is 42.9. The van der Waals surface area contributed by atoms with Gasteiger partial charge in [-0.15, -0.1) is 6.58 Å². The first-order valence-corrected chi connectivity index (χ1v) is 25.7.